The molecule has 5 nitrogen and oxygen atoms in total. The summed E-state index contributed by atoms with van der Waals surface area (Å²) in [6, 6.07) is 17.8. The molecule has 2 atom stereocenters. The smallest absolute Gasteiger partial charge is 0.326 e. The number of carbonyl (C=O) groups is 3. The number of hydrogen-bond donors (Lipinski definition) is 0. The van der Waals surface area contributed by atoms with Crippen LogP contribution in [-0.4, -0.2) is 29.2 Å². The van der Waals surface area contributed by atoms with E-state index < -0.39 is 5.97 Å². The first kappa shape index (κ1) is 18.2. The maximum atomic E-state index is 12.4. The second-order valence-electron chi connectivity index (χ2n) is 7.14. The summed E-state index contributed by atoms with van der Waals surface area (Å²) in [5.74, 6) is -1.74. The topological polar surface area (TPSA) is 63.7 Å². The van der Waals surface area contributed by atoms with Gasteiger partial charge in [-0.3, -0.25) is 19.3 Å². The fourth-order valence-corrected chi connectivity index (χ4v) is 3.79. The van der Waals surface area contributed by atoms with Crippen LogP contribution in [0.1, 0.15) is 18.4 Å². The van der Waals surface area contributed by atoms with E-state index in [1.165, 1.54) is 0 Å². The Bertz CT molecular complexity index is 891. The van der Waals surface area contributed by atoms with Crippen molar-refractivity contribution in [3.8, 4) is 11.1 Å². The lowest BCUT2D eigenvalue weighted by Gasteiger charge is -2.14. The summed E-state index contributed by atoms with van der Waals surface area (Å²) in [5.41, 5.74) is 3.05. The third-order valence-corrected chi connectivity index (χ3v) is 5.35. The molecule has 0 aromatic heterocycles. The molecule has 142 valence electrons. The third-order valence-electron chi connectivity index (χ3n) is 5.35. The number of esters is 1. The molecule has 1 aliphatic heterocycles. The van der Waals surface area contributed by atoms with Gasteiger partial charge in [-0.05, 0) is 29.5 Å². The first-order valence-corrected chi connectivity index (χ1v) is 9.43. The first-order chi connectivity index (χ1) is 13.6. The molecule has 2 aromatic carbocycles. The van der Waals surface area contributed by atoms with E-state index in [2.05, 4.69) is 0 Å². The van der Waals surface area contributed by atoms with Gasteiger partial charge in [-0.25, -0.2) is 0 Å². The summed E-state index contributed by atoms with van der Waals surface area (Å²) >= 11 is 0. The average Bonchev–Trinajstić information content (AvgIpc) is 2.98. The van der Waals surface area contributed by atoms with E-state index >= 15 is 0 Å². The molecule has 0 bridgehead atoms. The van der Waals surface area contributed by atoms with Crippen molar-refractivity contribution in [3.05, 3.63) is 72.3 Å². The average molecular weight is 375 g/mol. The Labute approximate surface area is 163 Å². The van der Waals surface area contributed by atoms with E-state index in [0.717, 1.165) is 21.6 Å². The van der Waals surface area contributed by atoms with Gasteiger partial charge in [-0.15, -0.1) is 0 Å². The third kappa shape index (κ3) is 3.60. The Morgan fingerprint density at radius 2 is 1.43 bits per heavy atom. The Hall–Kier alpha value is -3.21. The highest BCUT2D eigenvalue weighted by atomic mass is 16.5. The summed E-state index contributed by atoms with van der Waals surface area (Å²) in [5, 5.41) is 0. The summed E-state index contributed by atoms with van der Waals surface area (Å²) in [6.45, 7) is -0.203. The molecule has 28 heavy (non-hydrogen) atoms. The van der Waals surface area contributed by atoms with Gasteiger partial charge >= 0.3 is 5.97 Å². The van der Waals surface area contributed by atoms with Gasteiger partial charge < -0.3 is 4.74 Å². The summed E-state index contributed by atoms with van der Waals surface area (Å²) < 4.78 is 5.28. The summed E-state index contributed by atoms with van der Waals surface area (Å²) in [7, 11) is 0. The van der Waals surface area contributed by atoms with Gasteiger partial charge in [-0.1, -0.05) is 66.7 Å². The van der Waals surface area contributed by atoms with Gasteiger partial charge in [0.15, 0.2) is 0 Å². The van der Waals surface area contributed by atoms with Crippen LogP contribution in [0.15, 0.2) is 66.7 Å². The highest BCUT2D eigenvalue weighted by Crippen LogP contribution is 2.34. The minimum Gasteiger partial charge on any atom is -0.459 e. The molecule has 2 aromatic rings. The normalized spacial score (nSPS) is 20.9. The molecule has 2 amide bonds. The molecule has 1 fully saturated rings. The number of amides is 2. The number of allylic oxidation sites excluding steroid dienone is 2. The zero-order valence-corrected chi connectivity index (χ0v) is 15.4. The molecule has 0 N–H and O–H groups in total. The predicted octanol–water partition coefficient (Wildman–Crippen LogP) is 3.35. The molecule has 0 saturated carbocycles. The minimum atomic E-state index is -0.569. The number of likely N-dealkylation sites (tertiary alicyclic amines) is 1. The predicted molar refractivity (Wildman–Crippen MR) is 104 cm³/mol. The van der Waals surface area contributed by atoms with Gasteiger partial charge in [0.25, 0.3) is 0 Å². The molecule has 0 spiro atoms. The van der Waals surface area contributed by atoms with Crippen molar-refractivity contribution in [2.24, 2.45) is 11.8 Å². The van der Waals surface area contributed by atoms with Crippen molar-refractivity contribution in [1.82, 2.24) is 4.90 Å². The largest absolute Gasteiger partial charge is 0.459 e. The van der Waals surface area contributed by atoms with E-state index in [9.17, 15) is 14.4 Å². The molecule has 1 heterocycles. The van der Waals surface area contributed by atoms with E-state index in [-0.39, 0.29) is 36.8 Å². The van der Waals surface area contributed by atoms with Crippen LogP contribution in [0.25, 0.3) is 11.1 Å². The first-order valence-electron chi connectivity index (χ1n) is 9.43. The summed E-state index contributed by atoms with van der Waals surface area (Å²) in [6.07, 6.45) is 4.98. The number of hydrogen-bond acceptors (Lipinski definition) is 4. The van der Waals surface area contributed by atoms with Crippen molar-refractivity contribution in [1.29, 1.82) is 0 Å². The fraction of sp³-hybridized carbons (Fsp3) is 0.261. The second-order valence-corrected chi connectivity index (χ2v) is 7.14. The van der Waals surface area contributed by atoms with Gasteiger partial charge in [-0.2, -0.15) is 0 Å². The zero-order valence-electron chi connectivity index (χ0n) is 15.4. The second kappa shape index (κ2) is 7.80. The van der Waals surface area contributed by atoms with Crippen LogP contribution in [-0.2, 0) is 25.7 Å². The quantitative estimate of drug-likeness (QED) is 0.457. The molecular weight excluding hydrogens is 354 g/mol. The number of benzene rings is 2. The lowest BCUT2D eigenvalue weighted by molar-refractivity contribution is -0.153. The fourth-order valence-electron chi connectivity index (χ4n) is 3.79. The van der Waals surface area contributed by atoms with Crippen LogP contribution < -0.4 is 0 Å². The van der Waals surface area contributed by atoms with Crippen molar-refractivity contribution in [2.45, 2.75) is 19.4 Å². The number of fused-ring (bicyclic) bond motifs is 1. The molecule has 2 aliphatic rings. The molecular formula is C23H21NO4. The van der Waals surface area contributed by atoms with E-state index in [1.807, 2.05) is 66.7 Å². The maximum absolute atomic E-state index is 12.4. The van der Waals surface area contributed by atoms with Crippen molar-refractivity contribution < 1.29 is 19.1 Å². The monoisotopic (exact) mass is 375 g/mol. The van der Waals surface area contributed by atoms with Crippen molar-refractivity contribution >= 4 is 17.8 Å². The van der Waals surface area contributed by atoms with Gasteiger partial charge in [0.05, 0.1) is 11.8 Å². The number of rotatable bonds is 5. The van der Waals surface area contributed by atoms with Crippen LogP contribution in [0.2, 0.25) is 0 Å². The lowest BCUT2D eigenvalue weighted by atomic mass is 9.85. The van der Waals surface area contributed by atoms with E-state index in [1.54, 1.807) is 0 Å². The summed E-state index contributed by atoms with van der Waals surface area (Å²) in [4.78, 5) is 38.0. The van der Waals surface area contributed by atoms with Crippen molar-refractivity contribution in [2.75, 3.05) is 6.54 Å². The van der Waals surface area contributed by atoms with Gasteiger partial charge in [0.1, 0.15) is 13.2 Å². The highest BCUT2D eigenvalue weighted by molar-refractivity contribution is 6.07. The Morgan fingerprint density at radius 1 is 0.857 bits per heavy atom. The highest BCUT2D eigenvalue weighted by Gasteiger charge is 2.47. The standard InChI is InChI=1S/C23H21NO4/c25-21(14-24-22(26)19-8-4-5-9-20(19)23(24)27)28-15-16-10-12-18(13-11-16)17-6-2-1-3-7-17/h1-7,10-13,19-20H,8-9,14-15H2/t19-,20-/m1/s1. The van der Waals surface area contributed by atoms with Gasteiger partial charge in [0, 0.05) is 0 Å². The van der Waals surface area contributed by atoms with Crippen LogP contribution in [0, 0.1) is 11.8 Å². The maximum Gasteiger partial charge on any atom is 0.326 e. The SMILES string of the molecule is O=C(CN1C(=O)[C@@H]2CC=CC[C@H]2C1=O)OCc1ccc(-c2ccccc2)cc1. The molecule has 5 heteroatoms. The van der Waals surface area contributed by atoms with Crippen LogP contribution in [0.5, 0.6) is 0 Å². The Morgan fingerprint density at radius 3 is 2.04 bits per heavy atom. The van der Waals surface area contributed by atoms with Crippen LogP contribution in [0.3, 0.4) is 0 Å². The minimum absolute atomic E-state index is 0.110. The Kier molecular flexibility index (Phi) is 5.06. The number of ether oxygens (including phenoxy) is 1. The van der Waals surface area contributed by atoms with Crippen LogP contribution in [0.4, 0.5) is 0 Å². The molecule has 0 unspecified atom stereocenters. The number of carbonyl (C=O) groups excluding carboxylic acids is 3. The van der Waals surface area contributed by atoms with E-state index in [4.69, 9.17) is 4.74 Å². The zero-order chi connectivity index (χ0) is 19.5. The van der Waals surface area contributed by atoms with Crippen molar-refractivity contribution in [3.63, 3.8) is 0 Å². The van der Waals surface area contributed by atoms with Crippen LogP contribution >= 0.6 is 0 Å². The number of imide groups is 1. The molecule has 0 radical (unpaired) electrons. The van der Waals surface area contributed by atoms with Gasteiger partial charge in [0.2, 0.25) is 11.8 Å². The molecule has 4 rings (SSSR count). The Balaban J connectivity index is 1.32. The molecule has 1 saturated heterocycles. The molecule has 1 aliphatic carbocycles. The lowest BCUT2D eigenvalue weighted by Crippen LogP contribution is -2.36. The number of nitrogens with zero attached hydrogens (tertiary/aromatic N) is 1. The van der Waals surface area contributed by atoms with E-state index in [0.29, 0.717) is 12.8 Å².